The maximum Gasteiger partial charge on any atom is 0.0400 e. The van der Waals surface area contributed by atoms with Crippen LogP contribution in [0.1, 0.15) is 19.2 Å². The number of aromatic nitrogens is 1. The van der Waals surface area contributed by atoms with Gasteiger partial charge in [0.05, 0.1) is 0 Å². The molecule has 0 bridgehead atoms. The summed E-state index contributed by atoms with van der Waals surface area (Å²) in [5.74, 6) is -0.648. The van der Waals surface area contributed by atoms with Crippen LogP contribution in [0.5, 0.6) is 0 Å². The highest BCUT2D eigenvalue weighted by Crippen LogP contribution is 2.21. The Morgan fingerprint density at radius 1 is 1.42 bits per heavy atom. The van der Waals surface area contributed by atoms with Crippen molar-refractivity contribution in [2.24, 2.45) is 4.99 Å². The van der Waals surface area contributed by atoms with Crippen LogP contribution >= 0.6 is 0 Å². The molecule has 0 saturated carbocycles. The van der Waals surface area contributed by atoms with Crippen LogP contribution in [-0.2, 0) is 0 Å². The van der Waals surface area contributed by atoms with Gasteiger partial charge in [-0.2, -0.15) is 0 Å². The number of allylic oxidation sites excluding steroid dienone is 1. The normalized spacial score (nSPS) is 28.5. The lowest BCUT2D eigenvalue weighted by atomic mass is 9.96. The van der Waals surface area contributed by atoms with Crippen molar-refractivity contribution in [2.45, 2.75) is 12.3 Å². The number of aliphatic imine (C=N–C) groups is 1. The predicted octanol–water partition coefficient (Wildman–Crippen LogP) is 2.15. The van der Waals surface area contributed by atoms with Gasteiger partial charge in [0, 0.05) is 32.1 Å². The summed E-state index contributed by atoms with van der Waals surface area (Å²) in [4.78, 5) is 7.89. The molecule has 1 aliphatic heterocycles. The fraction of sp³-hybridized carbons (Fsp3) is 0.200. The zero-order valence-electron chi connectivity index (χ0n) is 7.64. The molecule has 0 fully saturated rings. The SMILES string of the molecule is [2H]C1(c2ccncc2)C=CN=CC1. The van der Waals surface area contributed by atoms with Gasteiger partial charge in [-0.1, -0.05) is 6.08 Å². The van der Waals surface area contributed by atoms with Gasteiger partial charge in [0.1, 0.15) is 0 Å². The first-order chi connectivity index (χ1) is 6.31. The molecule has 0 aliphatic carbocycles. The van der Waals surface area contributed by atoms with E-state index in [1.807, 2.05) is 18.2 Å². The number of hydrogen-bond donors (Lipinski definition) is 0. The largest absolute Gasteiger partial charge is 0.269 e. The average Bonchev–Trinajstić information content (AvgIpc) is 2.20. The van der Waals surface area contributed by atoms with Gasteiger partial charge in [0.15, 0.2) is 0 Å². The summed E-state index contributed by atoms with van der Waals surface area (Å²) in [5, 5.41) is 0. The summed E-state index contributed by atoms with van der Waals surface area (Å²) < 4.78 is 8.16. The lowest BCUT2D eigenvalue weighted by Crippen LogP contribution is -1.98. The van der Waals surface area contributed by atoms with E-state index >= 15 is 0 Å². The highest BCUT2D eigenvalue weighted by molar-refractivity contribution is 5.62. The van der Waals surface area contributed by atoms with Crippen LogP contribution in [0.4, 0.5) is 0 Å². The first-order valence-electron chi connectivity index (χ1n) is 4.41. The van der Waals surface area contributed by atoms with Crippen molar-refractivity contribution in [1.29, 1.82) is 0 Å². The van der Waals surface area contributed by atoms with Gasteiger partial charge in [0.25, 0.3) is 0 Å². The molecule has 1 aromatic heterocycles. The van der Waals surface area contributed by atoms with Crippen molar-refractivity contribution in [2.75, 3.05) is 0 Å². The maximum absolute atomic E-state index is 8.16. The van der Waals surface area contributed by atoms with Crippen molar-refractivity contribution in [3.05, 3.63) is 42.4 Å². The Kier molecular flexibility index (Phi) is 1.68. The average molecular weight is 159 g/mol. The van der Waals surface area contributed by atoms with E-state index < -0.39 is 5.89 Å². The van der Waals surface area contributed by atoms with Gasteiger partial charge in [-0.05, 0) is 24.1 Å². The maximum atomic E-state index is 8.16. The van der Waals surface area contributed by atoms with E-state index in [-0.39, 0.29) is 0 Å². The summed E-state index contributed by atoms with van der Waals surface area (Å²) in [5.41, 5.74) is 0.963. The topological polar surface area (TPSA) is 25.2 Å². The van der Waals surface area contributed by atoms with Crippen LogP contribution in [0, 0.1) is 0 Å². The van der Waals surface area contributed by atoms with Crippen molar-refractivity contribution in [3.63, 3.8) is 0 Å². The number of nitrogens with zero attached hydrogens (tertiary/aromatic N) is 2. The van der Waals surface area contributed by atoms with Gasteiger partial charge in [-0.25, -0.2) is 0 Å². The van der Waals surface area contributed by atoms with E-state index in [1.165, 1.54) is 0 Å². The van der Waals surface area contributed by atoms with Crippen LogP contribution in [0.3, 0.4) is 0 Å². The molecular weight excluding hydrogens is 148 g/mol. The van der Waals surface area contributed by atoms with Crippen LogP contribution in [0.25, 0.3) is 0 Å². The molecule has 12 heavy (non-hydrogen) atoms. The summed E-state index contributed by atoms with van der Waals surface area (Å²) in [6.07, 6.45) is 9.32. The highest BCUT2D eigenvalue weighted by atomic mass is 14.7. The molecule has 1 unspecified atom stereocenters. The quantitative estimate of drug-likeness (QED) is 0.616. The lowest BCUT2D eigenvalue weighted by Gasteiger charge is -2.11. The van der Waals surface area contributed by atoms with E-state index in [4.69, 9.17) is 1.37 Å². The Morgan fingerprint density at radius 3 is 2.92 bits per heavy atom. The molecule has 0 aromatic carbocycles. The molecular formula is C10H10N2. The van der Waals surface area contributed by atoms with Crippen molar-refractivity contribution < 1.29 is 1.37 Å². The fourth-order valence-electron chi connectivity index (χ4n) is 1.19. The van der Waals surface area contributed by atoms with E-state index in [9.17, 15) is 0 Å². The predicted molar refractivity (Wildman–Crippen MR) is 49.2 cm³/mol. The standard InChI is InChI=1S/C10H10N2/c1-5-11-6-2-9(1)10-3-7-12-8-4-10/h1-3,5-8,10H,4H2/i10D. The van der Waals surface area contributed by atoms with Crippen LogP contribution in [-0.4, -0.2) is 11.2 Å². The van der Waals surface area contributed by atoms with E-state index in [2.05, 4.69) is 9.98 Å². The molecule has 1 atom stereocenters. The van der Waals surface area contributed by atoms with Gasteiger partial charge in [-0.3, -0.25) is 9.98 Å². The monoisotopic (exact) mass is 159 g/mol. The van der Waals surface area contributed by atoms with Crippen LogP contribution < -0.4 is 0 Å². The third-order valence-corrected chi connectivity index (χ3v) is 1.83. The first-order valence-corrected chi connectivity index (χ1v) is 3.91. The van der Waals surface area contributed by atoms with E-state index in [0.29, 0.717) is 6.42 Å². The molecule has 1 aromatic rings. The Hall–Kier alpha value is -1.44. The number of hydrogen-bond acceptors (Lipinski definition) is 2. The number of pyridine rings is 1. The van der Waals surface area contributed by atoms with Crippen LogP contribution in [0.2, 0.25) is 0 Å². The summed E-state index contributed by atoms with van der Waals surface area (Å²) in [6.45, 7) is 0. The third kappa shape index (κ3) is 1.42. The van der Waals surface area contributed by atoms with Crippen LogP contribution in [0.15, 0.2) is 41.8 Å². The lowest BCUT2D eigenvalue weighted by molar-refractivity contribution is 0.883. The van der Waals surface area contributed by atoms with Gasteiger partial charge < -0.3 is 0 Å². The summed E-state index contributed by atoms with van der Waals surface area (Å²) in [6, 6.07) is 3.74. The van der Waals surface area contributed by atoms with Gasteiger partial charge in [0.2, 0.25) is 0 Å². The highest BCUT2D eigenvalue weighted by Gasteiger charge is 2.07. The minimum Gasteiger partial charge on any atom is -0.269 e. The zero-order valence-corrected chi connectivity index (χ0v) is 6.64. The number of rotatable bonds is 1. The molecule has 2 heterocycles. The Balaban J connectivity index is 2.35. The molecule has 2 heteroatoms. The van der Waals surface area contributed by atoms with Crippen molar-refractivity contribution in [1.82, 2.24) is 4.98 Å². The smallest absolute Gasteiger partial charge is 0.0400 e. The summed E-state index contributed by atoms with van der Waals surface area (Å²) >= 11 is 0. The van der Waals surface area contributed by atoms with Gasteiger partial charge in [-0.15, -0.1) is 0 Å². The first kappa shape index (κ1) is 6.12. The van der Waals surface area contributed by atoms with E-state index in [0.717, 1.165) is 5.56 Å². The zero-order chi connectivity index (χ0) is 9.15. The van der Waals surface area contributed by atoms with Crippen molar-refractivity contribution >= 4 is 6.21 Å². The second-order valence-electron chi connectivity index (χ2n) is 2.61. The molecule has 1 aliphatic rings. The fourth-order valence-corrected chi connectivity index (χ4v) is 1.19. The molecule has 60 valence electrons. The minimum absolute atomic E-state index is 0.632. The third-order valence-electron chi connectivity index (χ3n) is 1.83. The van der Waals surface area contributed by atoms with Gasteiger partial charge >= 0.3 is 0 Å². The minimum atomic E-state index is -0.648. The molecule has 0 spiro atoms. The summed E-state index contributed by atoms with van der Waals surface area (Å²) in [7, 11) is 0. The molecule has 0 N–H and O–H groups in total. The van der Waals surface area contributed by atoms with Crippen molar-refractivity contribution in [3.8, 4) is 0 Å². The molecule has 2 rings (SSSR count). The molecule has 0 amide bonds. The Bertz CT molecular complexity index is 345. The second kappa shape index (κ2) is 3.30. The van der Waals surface area contributed by atoms with E-state index in [1.54, 1.807) is 24.8 Å². The Morgan fingerprint density at radius 2 is 2.25 bits per heavy atom. The Labute approximate surface area is 73.1 Å². The molecule has 0 saturated heterocycles. The second-order valence-corrected chi connectivity index (χ2v) is 2.61. The molecule has 0 radical (unpaired) electrons. The molecule has 2 nitrogen and oxygen atoms in total.